The van der Waals surface area contributed by atoms with Crippen LogP contribution in [0.15, 0.2) is 27.8 Å². The first kappa shape index (κ1) is 18.8. The first-order valence-electron chi connectivity index (χ1n) is 8.43. The molecule has 1 aliphatic rings. The summed E-state index contributed by atoms with van der Waals surface area (Å²) in [5.74, 6) is -1.05. The van der Waals surface area contributed by atoms with Crippen LogP contribution in [0.5, 0.6) is 5.75 Å². The van der Waals surface area contributed by atoms with Crippen LogP contribution in [0.2, 0.25) is 0 Å². The molecule has 8 nitrogen and oxygen atoms in total. The number of methoxy groups -OCH3 is 1. The molecule has 1 aromatic carbocycles. The molecule has 1 amide bonds. The zero-order valence-electron chi connectivity index (χ0n) is 15.5. The minimum atomic E-state index is -0.809. The second-order valence-corrected chi connectivity index (χ2v) is 6.16. The van der Waals surface area contributed by atoms with E-state index in [0.29, 0.717) is 12.1 Å². The quantitative estimate of drug-likeness (QED) is 0.793. The van der Waals surface area contributed by atoms with E-state index in [-0.39, 0.29) is 29.6 Å². The number of amides is 1. The third kappa shape index (κ3) is 3.03. The van der Waals surface area contributed by atoms with E-state index in [1.54, 1.807) is 6.92 Å². The van der Waals surface area contributed by atoms with Gasteiger partial charge in [0.05, 0.1) is 11.4 Å². The van der Waals surface area contributed by atoms with Crippen molar-refractivity contribution >= 4 is 11.6 Å². The van der Waals surface area contributed by atoms with Gasteiger partial charge in [-0.05, 0) is 19.4 Å². The lowest BCUT2D eigenvalue weighted by molar-refractivity contribution is -0.123. The van der Waals surface area contributed by atoms with Crippen molar-refractivity contribution < 1.29 is 18.7 Å². The highest BCUT2D eigenvalue weighted by Crippen LogP contribution is 2.36. The molecule has 0 N–H and O–H groups in total. The topological polar surface area (TPSA) is 82.8 Å². The molecule has 1 atom stereocenters. The van der Waals surface area contributed by atoms with E-state index in [2.05, 4.69) is 0 Å². The second-order valence-electron chi connectivity index (χ2n) is 6.16. The van der Waals surface area contributed by atoms with Gasteiger partial charge in [0.15, 0.2) is 12.4 Å². The highest BCUT2D eigenvalue weighted by molar-refractivity contribution is 5.98. The fourth-order valence-electron chi connectivity index (χ4n) is 3.09. The maximum absolute atomic E-state index is 14.7. The van der Waals surface area contributed by atoms with Crippen molar-refractivity contribution in [2.45, 2.75) is 26.5 Å². The maximum atomic E-state index is 14.7. The molecule has 0 spiro atoms. The van der Waals surface area contributed by atoms with E-state index in [0.717, 1.165) is 10.6 Å². The lowest BCUT2D eigenvalue weighted by Gasteiger charge is -2.33. The molecule has 0 fully saturated rings. The van der Waals surface area contributed by atoms with Crippen LogP contribution in [0.4, 0.5) is 10.1 Å². The van der Waals surface area contributed by atoms with Gasteiger partial charge < -0.3 is 14.0 Å². The molecule has 27 heavy (non-hydrogen) atoms. The van der Waals surface area contributed by atoms with Gasteiger partial charge in [0.25, 0.3) is 11.5 Å². The minimum Gasteiger partial charge on any atom is -0.481 e. The Balaban J connectivity index is 2.28. The summed E-state index contributed by atoms with van der Waals surface area (Å²) in [4.78, 5) is 38.7. The summed E-state index contributed by atoms with van der Waals surface area (Å²) >= 11 is 0. The number of fused-ring (bicyclic) bond motifs is 1. The molecule has 1 aromatic heterocycles. The zero-order valence-corrected chi connectivity index (χ0v) is 15.5. The number of hydrogen-bond donors (Lipinski definition) is 0. The van der Waals surface area contributed by atoms with Crippen molar-refractivity contribution in [2.75, 3.05) is 18.6 Å². The Kier molecular flexibility index (Phi) is 4.88. The van der Waals surface area contributed by atoms with Crippen LogP contribution in [0.25, 0.3) is 5.69 Å². The van der Waals surface area contributed by atoms with E-state index in [1.165, 1.54) is 35.8 Å². The predicted molar refractivity (Wildman–Crippen MR) is 96.1 cm³/mol. The number of halogens is 1. The van der Waals surface area contributed by atoms with Crippen molar-refractivity contribution in [1.29, 1.82) is 0 Å². The number of rotatable bonds is 4. The Morgan fingerprint density at radius 2 is 1.93 bits per heavy atom. The van der Waals surface area contributed by atoms with Crippen LogP contribution in [0, 0.1) is 5.82 Å². The first-order valence-corrected chi connectivity index (χ1v) is 8.43. The summed E-state index contributed by atoms with van der Waals surface area (Å²) in [5, 5.41) is 0. The molecule has 3 rings (SSSR count). The normalized spacial score (nSPS) is 14.7. The highest BCUT2D eigenvalue weighted by Gasteiger charge is 2.31. The minimum absolute atomic E-state index is 0.134. The van der Waals surface area contributed by atoms with Gasteiger partial charge in [-0.1, -0.05) is 6.92 Å². The van der Waals surface area contributed by atoms with E-state index in [4.69, 9.17) is 9.47 Å². The summed E-state index contributed by atoms with van der Waals surface area (Å²) in [7, 11) is 2.95. The van der Waals surface area contributed by atoms with E-state index in [9.17, 15) is 18.8 Å². The van der Waals surface area contributed by atoms with Gasteiger partial charge in [0.1, 0.15) is 12.0 Å². The number of nitrogens with zero attached hydrogens (tertiary/aromatic N) is 3. The molecule has 1 aliphatic heterocycles. The van der Waals surface area contributed by atoms with Crippen LogP contribution in [0.3, 0.4) is 0 Å². The molecule has 9 heteroatoms. The summed E-state index contributed by atoms with van der Waals surface area (Å²) in [6.07, 6.45) is -0.156. The third-order valence-electron chi connectivity index (χ3n) is 4.64. The van der Waals surface area contributed by atoms with Crippen LogP contribution in [-0.2, 0) is 23.0 Å². The molecule has 2 heterocycles. The monoisotopic (exact) mass is 377 g/mol. The lowest BCUT2D eigenvalue weighted by atomic mass is 10.2. The number of ether oxygens (including phenoxy) is 2. The molecule has 0 aliphatic carbocycles. The van der Waals surface area contributed by atoms with Crippen LogP contribution in [0.1, 0.15) is 19.5 Å². The molecule has 144 valence electrons. The molecule has 2 aromatic rings. The fourth-order valence-corrected chi connectivity index (χ4v) is 3.09. The van der Waals surface area contributed by atoms with Crippen LogP contribution >= 0.6 is 0 Å². The Labute approximate surface area is 154 Å². The van der Waals surface area contributed by atoms with Gasteiger partial charge in [-0.2, -0.15) is 0 Å². The Bertz CT molecular complexity index is 1030. The van der Waals surface area contributed by atoms with Gasteiger partial charge in [-0.15, -0.1) is 0 Å². The third-order valence-corrected chi connectivity index (χ3v) is 4.64. The second kappa shape index (κ2) is 6.99. The number of anilines is 1. The standard InChI is InChI=1S/C18H20FN3O5/c1-5-11-6-16(23)22(18(25)20(11)3)13-8-14-15(7-12(13)19)27-9-17(24)21(14)10(2)26-4/h6-8,10H,5,9H2,1-4H3. The van der Waals surface area contributed by atoms with Gasteiger partial charge in [-0.25, -0.2) is 13.8 Å². The number of hydrogen-bond acceptors (Lipinski definition) is 5. The molecular formula is C18H20FN3O5. The van der Waals surface area contributed by atoms with Crippen molar-refractivity contribution in [2.24, 2.45) is 7.05 Å². The summed E-state index contributed by atoms with van der Waals surface area (Å²) in [6.45, 7) is 3.20. The fraction of sp³-hybridized carbons (Fsp3) is 0.389. The van der Waals surface area contributed by atoms with Gasteiger partial charge >= 0.3 is 5.69 Å². The van der Waals surface area contributed by atoms with Crippen molar-refractivity contribution in [1.82, 2.24) is 9.13 Å². The zero-order chi connectivity index (χ0) is 19.9. The molecule has 0 bridgehead atoms. The average molecular weight is 377 g/mol. The van der Waals surface area contributed by atoms with Crippen LogP contribution < -0.4 is 20.9 Å². The Morgan fingerprint density at radius 1 is 1.22 bits per heavy atom. The summed E-state index contributed by atoms with van der Waals surface area (Å²) in [5.41, 5.74) is -0.817. The van der Waals surface area contributed by atoms with Crippen molar-refractivity contribution in [3.63, 3.8) is 0 Å². The predicted octanol–water partition coefficient (Wildman–Crippen LogP) is 0.955. The molecule has 0 radical (unpaired) electrons. The van der Waals surface area contributed by atoms with Gasteiger partial charge in [0.2, 0.25) is 0 Å². The van der Waals surface area contributed by atoms with Crippen molar-refractivity contribution in [3.05, 3.63) is 50.5 Å². The molecule has 1 unspecified atom stereocenters. The lowest BCUT2D eigenvalue weighted by Crippen LogP contribution is -2.45. The molecule has 0 saturated heterocycles. The van der Waals surface area contributed by atoms with E-state index < -0.39 is 23.3 Å². The SMILES string of the molecule is CCc1cc(=O)n(-c2cc3c(cc2F)OCC(=O)N3C(C)OC)c(=O)n1C. The molecular weight excluding hydrogens is 357 g/mol. The number of carbonyl (C=O) groups excluding carboxylic acids is 1. The highest BCUT2D eigenvalue weighted by atomic mass is 19.1. The number of aromatic nitrogens is 2. The Morgan fingerprint density at radius 3 is 2.56 bits per heavy atom. The molecule has 0 saturated carbocycles. The summed E-state index contributed by atoms with van der Waals surface area (Å²) < 4.78 is 27.3. The smallest absolute Gasteiger partial charge is 0.335 e. The Hall–Kier alpha value is -2.94. The maximum Gasteiger partial charge on any atom is 0.335 e. The van der Waals surface area contributed by atoms with Gasteiger partial charge in [-0.3, -0.25) is 14.5 Å². The van der Waals surface area contributed by atoms with E-state index >= 15 is 0 Å². The first-order chi connectivity index (χ1) is 12.8. The average Bonchev–Trinajstić information content (AvgIpc) is 2.64. The van der Waals surface area contributed by atoms with Gasteiger partial charge in [0, 0.05) is 32.0 Å². The van der Waals surface area contributed by atoms with E-state index in [1.807, 2.05) is 6.92 Å². The largest absolute Gasteiger partial charge is 0.481 e. The van der Waals surface area contributed by atoms with Crippen LogP contribution in [-0.4, -0.2) is 35.0 Å². The summed E-state index contributed by atoms with van der Waals surface area (Å²) in [6, 6.07) is 3.61. The number of carbonyl (C=O) groups is 1. The van der Waals surface area contributed by atoms with Crippen molar-refractivity contribution in [3.8, 4) is 11.4 Å². The number of benzene rings is 1. The number of aryl methyl sites for hydroxylation is 1.